The highest BCUT2D eigenvalue weighted by molar-refractivity contribution is 5.69. The summed E-state index contributed by atoms with van der Waals surface area (Å²) in [4.78, 5) is 12.1. The molecule has 0 amide bonds. The highest BCUT2D eigenvalue weighted by atomic mass is 16.4. The van der Waals surface area contributed by atoms with E-state index in [9.17, 15) is 4.79 Å². The summed E-state index contributed by atoms with van der Waals surface area (Å²) in [7, 11) is 3.74. The second-order valence-corrected chi connectivity index (χ2v) is 3.25. The Hall–Kier alpha value is -1.29. The third kappa shape index (κ3) is 3.29. The van der Waals surface area contributed by atoms with Gasteiger partial charge in [-0.3, -0.25) is 9.69 Å². The molecule has 0 bridgehead atoms. The van der Waals surface area contributed by atoms with Crippen LogP contribution in [-0.2, 0) is 18.4 Å². The van der Waals surface area contributed by atoms with Crippen LogP contribution in [0.25, 0.3) is 0 Å². The second-order valence-electron chi connectivity index (χ2n) is 3.25. The number of carboxylic acid groups (broad SMARTS) is 1. The van der Waals surface area contributed by atoms with Gasteiger partial charge in [0, 0.05) is 26.0 Å². The van der Waals surface area contributed by atoms with E-state index in [0.717, 1.165) is 5.56 Å². The Kier molecular flexibility index (Phi) is 3.08. The van der Waals surface area contributed by atoms with E-state index in [4.69, 9.17) is 5.11 Å². The van der Waals surface area contributed by atoms with Crippen LogP contribution in [-0.4, -0.2) is 34.1 Å². The predicted octanol–water partition coefficient (Wildman–Crippen LogP) is 0.541. The Bertz CT molecular complexity index is 294. The number of aliphatic carboxylic acids is 1. The summed E-state index contributed by atoms with van der Waals surface area (Å²) < 4.78 is 1.95. The topological polar surface area (TPSA) is 45.5 Å². The molecule has 1 aromatic heterocycles. The third-order valence-corrected chi connectivity index (χ3v) is 1.75. The summed E-state index contributed by atoms with van der Waals surface area (Å²) in [5.74, 6) is -0.793. The van der Waals surface area contributed by atoms with Crippen molar-refractivity contribution in [1.82, 2.24) is 9.47 Å². The van der Waals surface area contributed by atoms with Gasteiger partial charge in [0.15, 0.2) is 0 Å². The van der Waals surface area contributed by atoms with E-state index in [1.165, 1.54) is 0 Å². The fourth-order valence-corrected chi connectivity index (χ4v) is 1.25. The Morgan fingerprint density at radius 2 is 2.38 bits per heavy atom. The summed E-state index contributed by atoms with van der Waals surface area (Å²) in [6.45, 7) is 0.752. The summed E-state index contributed by atoms with van der Waals surface area (Å²) in [5.41, 5.74) is 1.13. The molecule has 0 aliphatic rings. The van der Waals surface area contributed by atoms with E-state index < -0.39 is 5.97 Å². The van der Waals surface area contributed by atoms with Crippen LogP contribution >= 0.6 is 0 Å². The van der Waals surface area contributed by atoms with Crippen molar-refractivity contribution < 1.29 is 9.90 Å². The fraction of sp³-hybridized carbons (Fsp3) is 0.444. The molecule has 0 unspecified atom stereocenters. The van der Waals surface area contributed by atoms with Crippen LogP contribution in [0.15, 0.2) is 18.5 Å². The highest BCUT2D eigenvalue weighted by Gasteiger charge is 2.04. The van der Waals surface area contributed by atoms with Crippen LogP contribution in [0.4, 0.5) is 0 Å². The number of carbonyl (C=O) groups is 1. The van der Waals surface area contributed by atoms with Crippen molar-refractivity contribution in [2.75, 3.05) is 13.6 Å². The number of aryl methyl sites for hydroxylation is 1. The maximum Gasteiger partial charge on any atom is 0.317 e. The van der Waals surface area contributed by atoms with Crippen molar-refractivity contribution >= 4 is 5.97 Å². The molecule has 0 saturated carbocycles. The molecule has 0 aromatic carbocycles. The van der Waals surface area contributed by atoms with Crippen LogP contribution in [0.5, 0.6) is 0 Å². The molecule has 72 valence electrons. The van der Waals surface area contributed by atoms with E-state index in [1.807, 2.05) is 30.1 Å². The minimum Gasteiger partial charge on any atom is -0.480 e. The van der Waals surface area contributed by atoms with Crippen LogP contribution in [0, 0.1) is 0 Å². The van der Waals surface area contributed by atoms with Gasteiger partial charge in [-0.25, -0.2) is 0 Å². The molecule has 0 radical (unpaired) electrons. The van der Waals surface area contributed by atoms with E-state index >= 15 is 0 Å². The highest BCUT2D eigenvalue weighted by Crippen LogP contribution is 2.02. The molecule has 1 aromatic rings. The molecule has 0 atom stereocenters. The minimum atomic E-state index is -0.793. The van der Waals surface area contributed by atoms with Crippen LogP contribution < -0.4 is 0 Å². The van der Waals surface area contributed by atoms with E-state index in [1.54, 1.807) is 11.9 Å². The van der Waals surface area contributed by atoms with Crippen LogP contribution in [0.1, 0.15) is 5.56 Å². The lowest BCUT2D eigenvalue weighted by Crippen LogP contribution is -2.24. The van der Waals surface area contributed by atoms with Gasteiger partial charge in [0.25, 0.3) is 0 Å². The molecular weight excluding hydrogens is 168 g/mol. The molecule has 0 saturated heterocycles. The van der Waals surface area contributed by atoms with Gasteiger partial charge < -0.3 is 9.67 Å². The monoisotopic (exact) mass is 182 g/mol. The van der Waals surface area contributed by atoms with E-state index in [-0.39, 0.29) is 6.54 Å². The van der Waals surface area contributed by atoms with Gasteiger partial charge in [-0.2, -0.15) is 0 Å². The predicted molar refractivity (Wildman–Crippen MR) is 49.4 cm³/mol. The Morgan fingerprint density at radius 3 is 2.85 bits per heavy atom. The summed E-state index contributed by atoms with van der Waals surface area (Å²) in [5, 5.41) is 8.52. The number of likely N-dealkylation sites (N-methyl/N-ethyl adjacent to an activating group) is 1. The first-order chi connectivity index (χ1) is 6.08. The van der Waals surface area contributed by atoms with Crippen LogP contribution in [0.3, 0.4) is 0 Å². The quantitative estimate of drug-likeness (QED) is 0.739. The lowest BCUT2D eigenvalue weighted by atomic mass is 10.3. The average Bonchev–Trinajstić information content (AvgIpc) is 2.33. The molecule has 0 aliphatic heterocycles. The number of rotatable bonds is 4. The molecule has 1 N–H and O–H groups in total. The molecule has 0 fully saturated rings. The Morgan fingerprint density at radius 1 is 1.69 bits per heavy atom. The Balaban J connectivity index is 2.44. The zero-order valence-corrected chi connectivity index (χ0v) is 7.90. The molecule has 0 spiro atoms. The zero-order valence-electron chi connectivity index (χ0n) is 7.90. The van der Waals surface area contributed by atoms with Gasteiger partial charge in [0.2, 0.25) is 0 Å². The molecule has 13 heavy (non-hydrogen) atoms. The van der Waals surface area contributed by atoms with Crippen molar-refractivity contribution in [3.63, 3.8) is 0 Å². The van der Waals surface area contributed by atoms with E-state index in [2.05, 4.69) is 0 Å². The normalized spacial score (nSPS) is 10.7. The van der Waals surface area contributed by atoms with Crippen LogP contribution in [0.2, 0.25) is 0 Å². The van der Waals surface area contributed by atoms with Crippen molar-refractivity contribution in [3.8, 4) is 0 Å². The maximum atomic E-state index is 10.4. The van der Waals surface area contributed by atoms with Gasteiger partial charge in [-0.15, -0.1) is 0 Å². The summed E-state index contributed by atoms with van der Waals surface area (Å²) >= 11 is 0. The van der Waals surface area contributed by atoms with Gasteiger partial charge >= 0.3 is 5.97 Å². The molecule has 4 nitrogen and oxygen atoms in total. The molecule has 4 heteroatoms. The first-order valence-corrected chi connectivity index (χ1v) is 4.09. The van der Waals surface area contributed by atoms with Gasteiger partial charge in [0.1, 0.15) is 0 Å². The van der Waals surface area contributed by atoms with E-state index in [0.29, 0.717) is 6.54 Å². The van der Waals surface area contributed by atoms with Gasteiger partial charge in [-0.05, 0) is 18.7 Å². The van der Waals surface area contributed by atoms with Gasteiger partial charge in [0.05, 0.1) is 6.54 Å². The molecule has 0 aliphatic carbocycles. The Labute approximate surface area is 77.4 Å². The zero-order chi connectivity index (χ0) is 9.84. The number of nitrogens with zero attached hydrogens (tertiary/aromatic N) is 2. The summed E-state index contributed by atoms with van der Waals surface area (Å²) in [6, 6.07) is 1.98. The number of hydrogen-bond donors (Lipinski definition) is 1. The number of aromatic nitrogens is 1. The molecule has 1 heterocycles. The first kappa shape index (κ1) is 9.80. The number of hydrogen-bond acceptors (Lipinski definition) is 2. The van der Waals surface area contributed by atoms with Crippen molar-refractivity contribution in [3.05, 3.63) is 24.0 Å². The van der Waals surface area contributed by atoms with Crippen molar-refractivity contribution in [1.29, 1.82) is 0 Å². The second kappa shape index (κ2) is 4.09. The van der Waals surface area contributed by atoms with Gasteiger partial charge in [-0.1, -0.05) is 0 Å². The SMILES string of the molecule is CN(CC(=O)O)Cc1ccn(C)c1. The number of carboxylic acids is 1. The largest absolute Gasteiger partial charge is 0.480 e. The lowest BCUT2D eigenvalue weighted by molar-refractivity contribution is -0.138. The average molecular weight is 182 g/mol. The molecule has 1 rings (SSSR count). The first-order valence-electron chi connectivity index (χ1n) is 4.09. The van der Waals surface area contributed by atoms with Crippen molar-refractivity contribution in [2.45, 2.75) is 6.54 Å². The standard InChI is InChI=1S/C9H14N2O2/c1-10-4-3-8(5-10)6-11(2)7-9(12)13/h3-5H,6-7H2,1-2H3,(H,12,13). The lowest BCUT2D eigenvalue weighted by Gasteiger charge is -2.11. The fourth-order valence-electron chi connectivity index (χ4n) is 1.25. The third-order valence-electron chi connectivity index (χ3n) is 1.75. The maximum absolute atomic E-state index is 10.4. The smallest absolute Gasteiger partial charge is 0.317 e. The van der Waals surface area contributed by atoms with Crippen molar-refractivity contribution in [2.24, 2.45) is 7.05 Å². The summed E-state index contributed by atoms with van der Waals surface area (Å²) in [6.07, 6.45) is 3.93. The molecular formula is C9H14N2O2. The minimum absolute atomic E-state index is 0.0783.